The fourth-order valence-electron chi connectivity index (χ4n) is 3.84. The van der Waals surface area contributed by atoms with Crippen molar-refractivity contribution in [3.8, 4) is 33.6 Å². The summed E-state index contributed by atoms with van der Waals surface area (Å²) in [5, 5.41) is 1.77. The average Bonchev–Trinajstić information content (AvgIpc) is 2.79. The maximum Gasteiger partial charge on any atom is 0.0978 e. The number of fused-ring (bicyclic) bond motifs is 1. The fourth-order valence-corrected chi connectivity index (χ4v) is 4.03. The molecule has 0 aliphatic rings. The van der Waals surface area contributed by atoms with E-state index >= 15 is 0 Å². The van der Waals surface area contributed by atoms with Gasteiger partial charge in [0.25, 0.3) is 0 Å². The SMILES string of the molecule is Cc1ccc(-c2cc(-c3cccc(Cl)c3)c3ccnc(-c4ccc(C)cc4)c3n2)cc1. The van der Waals surface area contributed by atoms with Gasteiger partial charge in [0.05, 0.1) is 16.9 Å². The molecule has 2 heterocycles. The Balaban J connectivity index is 1.83. The van der Waals surface area contributed by atoms with Crippen LogP contribution >= 0.6 is 11.6 Å². The molecule has 0 saturated heterocycles. The van der Waals surface area contributed by atoms with Crippen molar-refractivity contribution in [3.05, 3.63) is 107 Å². The second-order valence-corrected chi connectivity index (χ2v) is 8.29. The largest absolute Gasteiger partial charge is 0.254 e. The van der Waals surface area contributed by atoms with Crippen LogP contribution in [-0.4, -0.2) is 9.97 Å². The summed E-state index contributed by atoms with van der Waals surface area (Å²) in [6.07, 6.45) is 1.86. The van der Waals surface area contributed by atoms with Crippen LogP contribution in [0.3, 0.4) is 0 Å². The Bertz CT molecular complexity index is 1390. The summed E-state index contributed by atoms with van der Waals surface area (Å²) in [7, 11) is 0. The van der Waals surface area contributed by atoms with E-state index in [4.69, 9.17) is 21.6 Å². The zero-order valence-corrected chi connectivity index (χ0v) is 18.2. The highest BCUT2D eigenvalue weighted by Crippen LogP contribution is 2.36. The van der Waals surface area contributed by atoms with Gasteiger partial charge in [-0.3, -0.25) is 4.98 Å². The zero-order chi connectivity index (χ0) is 21.4. The van der Waals surface area contributed by atoms with Crippen LogP contribution in [0.15, 0.2) is 91.1 Å². The van der Waals surface area contributed by atoms with Crippen molar-refractivity contribution in [2.45, 2.75) is 13.8 Å². The second kappa shape index (κ2) is 7.98. The molecule has 0 aliphatic heterocycles. The maximum absolute atomic E-state index is 6.33. The lowest BCUT2D eigenvalue weighted by Gasteiger charge is -2.13. The Kier molecular flexibility index (Phi) is 5.01. The Hall–Kier alpha value is -3.49. The molecule has 3 heteroatoms. The van der Waals surface area contributed by atoms with Crippen molar-refractivity contribution in [1.29, 1.82) is 0 Å². The minimum atomic E-state index is 0.715. The third-order valence-electron chi connectivity index (χ3n) is 5.54. The van der Waals surface area contributed by atoms with Gasteiger partial charge in [-0.1, -0.05) is 83.4 Å². The van der Waals surface area contributed by atoms with Crippen LogP contribution in [0.25, 0.3) is 44.5 Å². The minimum absolute atomic E-state index is 0.715. The first-order chi connectivity index (χ1) is 15.1. The van der Waals surface area contributed by atoms with Gasteiger partial charge in [-0.2, -0.15) is 0 Å². The van der Waals surface area contributed by atoms with Crippen LogP contribution in [0.4, 0.5) is 0 Å². The Morgan fingerprint density at radius 1 is 0.677 bits per heavy atom. The highest BCUT2D eigenvalue weighted by Gasteiger charge is 2.14. The number of rotatable bonds is 3. The van der Waals surface area contributed by atoms with Gasteiger partial charge in [0.15, 0.2) is 0 Å². The number of halogens is 1. The van der Waals surface area contributed by atoms with Crippen molar-refractivity contribution >= 4 is 22.5 Å². The fraction of sp³-hybridized carbons (Fsp3) is 0.0714. The number of aryl methyl sites for hydroxylation is 2. The van der Waals surface area contributed by atoms with Crippen molar-refractivity contribution in [3.63, 3.8) is 0 Å². The number of pyridine rings is 2. The Labute approximate surface area is 187 Å². The molecule has 2 aromatic heterocycles. The van der Waals surface area contributed by atoms with Gasteiger partial charge < -0.3 is 0 Å². The van der Waals surface area contributed by atoms with Crippen molar-refractivity contribution in [2.24, 2.45) is 0 Å². The molecule has 150 valence electrons. The Morgan fingerprint density at radius 2 is 1.35 bits per heavy atom. The van der Waals surface area contributed by atoms with Crippen molar-refractivity contribution in [2.75, 3.05) is 0 Å². The normalized spacial score (nSPS) is 11.1. The van der Waals surface area contributed by atoms with E-state index in [0.717, 1.165) is 44.5 Å². The van der Waals surface area contributed by atoms with Crippen LogP contribution in [0.2, 0.25) is 5.02 Å². The molecule has 0 radical (unpaired) electrons. The highest BCUT2D eigenvalue weighted by atomic mass is 35.5. The minimum Gasteiger partial charge on any atom is -0.254 e. The van der Waals surface area contributed by atoms with E-state index in [0.29, 0.717) is 5.02 Å². The molecule has 2 nitrogen and oxygen atoms in total. The van der Waals surface area contributed by atoms with E-state index in [1.165, 1.54) is 11.1 Å². The van der Waals surface area contributed by atoms with E-state index < -0.39 is 0 Å². The van der Waals surface area contributed by atoms with Gasteiger partial charge in [-0.15, -0.1) is 0 Å². The van der Waals surface area contributed by atoms with E-state index in [1.54, 1.807) is 0 Å². The first kappa shape index (κ1) is 19.5. The molecule has 0 saturated carbocycles. The summed E-state index contributed by atoms with van der Waals surface area (Å²) >= 11 is 6.33. The van der Waals surface area contributed by atoms with Crippen LogP contribution in [0.5, 0.6) is 0 Å². The monoisotopic (exact) mass is 420 g/mol. The van der Waals surface area contributed by atoms with Crippen LogP contribution in [0.1, 0.15) is 11.1 Å². The average molecular weight is 421 g/mol. The molecule has 31 heavy (non-hydrogen) atoms. The number of hydrogen-bond donors (Lipinski definition) is 0. The van der Waals surface area contributed by atoms with E-state index in [2.05, 4.69) is 74.5 Å². The van der Waals surface area contributed by atoms with Crippen LogP contribution in [-0.2, 0) is 0 Å². The van der Waals surface area contributed by atoms with Gasteiger partial charge >= 0.3 is 0 Å². The predicted octanol–water partition coefficient (Wildman–Crippen LogP) is 7.90. The molecule has 0 amide bonds. The van der Waals surface area contributed by atoms with Crippen LogP contribution in [0, 0.1) is 13.8 Å². The summed E-state index contributed by atoms with van der Waals surface area (Å²) in [5.74, 6) is 0. The molecule has 0 spiro atoms. The summed E-state index contributed by atoms with van der Waals surface area (Å²) < 4.78 is 0. The number of benzene rings is 3. The van der Waals surface area contributed by atoms with Crippen molar-refractivity contribution in [1.82, 2.24) is 9.97 Å². The molecule has 0 atom stereocenters. The topological polar surface area (TPSA) is 25.8 Å². The molecule has 0 N–H and O–H groups in total. The summed E-state index contributed by atoms with van der Waals surface area (Å²) in [4.78, 5) is 9.81. The lowest BCUT2D eigenvalue weighted by atomic mass is 9.96. The van der Waals surface area contributed by atoms with E-state index in [9.17, 15) is 0 Å². The van der Waals surface area contributed by atoms with Gasteiger partial charge in [0.2, 0.25) is 0 Å². The van der Waals surface area contributed by atoms with Gasteiger partial charge in [-0.25, -0.2) is 4.98 Å². The molecular weight excluding hydrogens is 400 g/mol. The van der Waals surface area contributed by atoms with E-state index in [1.807, 2.05) is 30.5 Å². The third-order valence-corrected chi connectivity index (χ3v) is 5.77. The van der Waals surface area contributed by atoms with Gasteiger partial charge in [-0.05, 0) is 49.2 Å². The standard InChI is InChI=1S/C28H21ClN2/c1-18-6-10-20(11-7-18)26-17-25(22-4-3-5-23(29)16-22)24-14-15-30-27(28(24)31-26)21-12-8-19(2)9-13-21/h3-17H,1-2H3. The number of nitrogens with zero attached hydrogens (tertiary/aromatic N) is 2. The second-order valence-electron chi connectivity index (χ2n) is 7.85. The third kappa shape index (κ3) is 3.83. The Morgan fingerprint density at radius 3 is 2.03 bits per heavy atom. The molecule has 0 fully saturated rings. The van der Waals surface area contributed by atoms with Gasteiger partial charge in [0.1, 0.15) is 0 Å². The summed E-state index contributed by atoms with van der Waals surface area (Å²) in [5.41, 5.74) is 9.43. The molecule has 0 unspecified atom stereocenters. The molecule has 3 aromatic carbocycles. The molecule has 0 aliphatic carbocycles. The smallest absolute Gasteiger partial charge is 0.0978 e. The van der Waals surface area contributed by atoms with Gasteiger partial charge in [0, 0.05) is 27.7 Å². The van der Waals surface area contributed by atoms with Crippen molar-refractivity contribution < 1.29 is 0 Å². The molecule has 5 rings (SSSR count). The predicted molar refractivity (Wildman–Crippen MR) is 130 cm³/mol. The lowest BCUT2D eigenvalue weighted by molar-refractivity contribution is 1.30. The number of hydrogen-bond acceptors (Lipinski definition) is 2. The molecular formula is C28H21ClN2. The summed E-state index contributed by atoms with van der Waals surface area (Å²) in [6, 6.07) is 29.1. The maximum atomic E-state index is 6.33. The van der Waals surface area contributed by atoms with Crippen LogP contribution < -0.4 is 0 Å². The molecule has 0 bridgehead atoms. The first-order valence-electron chi connectivity index (χ1n) is 10.3. The number of aromatic nitrogens is 2. The highest BCUT2D eigenvalue weighted by molar-refractivity contribution is 6.31. The lowest BCUT2D eigenvalue weighted by Crippen LogP contribution is -1.94. The van der Waals surface area contributed by atoms with E-state index in [-0.39, 0.29) is 0 Å². The zero-order valence-electron chi connectivity index (χ0n) is 17.4. The molecule has 5 aromatic rings. The quantitative estimate of drug-likeness (QED) is 0.296. The first-order valence-corrected chi connectivity index (χ1v) is 10.7. The summed E-state index contributed by atoms with van der Waals surface area (Å²) in [6.45, 7) is 4.18.